The van der Waals surface area contributed by atoms with Gasteiger partial charge in [0.15, 0.2) is 0 Å². The van der Waals surface area contributed by atoms with Crippen LogP contribution in [0.5, 0.6) is 5.75 Å². The van der Waals surface area contributed by atoms with Gasteiger partial charge in [0.1, 0.15) is 11.6 Å². The van der Waals surface area contributed by atoms with Gasteiger partial charge in [0.25, 0.3) is 0 Å². The summed E-state index contributed by atoms with van der Waals surface area (Å²) in [5.74, 6) is -1.56. The Balaban J connectivity index is 1.44. The van der Waals surface area contributed by atoms with Crippen molar-refractivity contribution in [1.29, 1.82) is 0 Å². The molecule has 3 fully saturated rings. The van der Waals surface area contributed by atoms with E-state index in [2.05, 4.69) is 20.3 Å². The minimum absolute atomic E-state index is 0.0475. The SMILES string of the molecule is CNC(=O)N1C[C@H](N(C(=O)NCc2ccc(OC(F)(F)F)cc2F)C2CC2)CC2(CN(C)C2)C1. The molecule has 2 N–H and O–H groups in total. The summed E-state index contributed by atoms with van der Waals surface area (Å²) in [7, 11) is 3.60. The fourth-order valence-corrected chi connectivity index (χ4v) is 5.29. The van der Waals surface area contributed by atoms with Gasteiger partial charge in [0, 0.05) is 62.9 Å². The number of alkyl halides is 3. The topological polar surface area (TPSA) is 77.2 Å². The van der Waals surface area contributed by atoms with Gasteiger partial charge < -0.3 is 30.1 Å². The number of likely N-dealkylation sites (tertiary alicyclic amines) is 2. The van der Waals surface area contributed by atoms with Gasteiger partial charge in [0.2, 0.25) is 0 Å². The van der Waals surface area contributed by atoms with E-state index in [0.717, 1.165) is 44.5 Å². The Labute approximate surface area is 195 Å². The highest BCUT2D eigenvalue weighted by Crippen LogP contribution is 2.42. The molecular formula is C22H29F4N5O3. The van der Waals surface area contributed by atoms with Crippen molar-refractivity contribution < 1.29 is 31.9 Å². The standard InChI is InChI=1S/C22H29F4N5O3/c1-27-19(32)30-10-16(8-21(13-30)11-29(2)12-21)31(15-4-5-15)20(33)28-9-14-3-6-17(7-18(14)23)34-22(24,25)26/h3,6-7,15-16H,4-5,8-13H2,1-2H3,(H,27,32)(H,28,33)/t16-/m1/s1. The molecule has 2 aliphatic heterocycles. The Morgan fingerprint density at radius 1 is 1.21 bits per heavy atom. The summed E-state index contributed by atoms with van der Waals surface area (Å²) in [6.07, 6.45) is -2.43. The highest BCUT2D eigenvalue weighted by Gasteiger charge is 2.51. The lowest BCUT2D eigenvalue weighted by Gasteiger charge is -2.56. The number of carbonyl (C=O) groups excluding carboxylic acids is 2. The number of piperidine rings is 1. The molecule has 0 bridgehead atoms. The van der Waals surface area contributed by atoms with Gasteiger partial charge >= 0.3 is 18.4 Å². The number of hydrogen-bond donors (Lipinski definition) is 2. The van der Waals surface area contributed by atoms with Crippen molar-refractivity contribution in [2.75, 3.05) is 40.3 Å². The van der Waals surface area contributed by atoms with Crippen molar-refractivity contribution in [3.63, 3.8) is 0 Å². The molecule has 1 aromatic rings. The van der Waals surface area contributed by atoms with Crippen LogP contribution in [0.3, 0.4) is 0 Å². The molecule has 0 radical (unpaired) electrons. The van der Waals surface area contributed by atoms with Crippen molar-refractivity contribution in [2.45, 2.75) is 44.3 Å². The third-order valence-corrected chi connectivity index (χ3v) is 6.59. The molecule has 2 heterocycles. The Morgan fingerprint density at radius 3 is 2.47 bits per heavy atom. The first kappa shape index (κ1) is 24.4. The molecule has 1 aliphatic carbocycles. The van der Waals surface area contributed by atoms with E-state index in [0.29, 0.717) is 19.2 Å². The van der Waals surface area contributed by atoms with Gasteiger partial charge in [-0.1, -0.05) is 6.07 Å². The first-order valence-electron chi connectivity index (χ1n) is 11.2. The van der Waals surface area contributed by atoms with Crippen molar-refractivity contribution in [3.8, 4) is 5.75 Å². The van der Waals surface area contributed by atoms with E-state index in [9.17, 15) is 27.2 Å². The lowest BCUT2D eigenvalue weighted by Crippen LogP contribution is -2.68. The van der Waals surface area contributed by atoms with Crippen molar-refractivity contribution in [2.24, 2.45) is 5.41 Å². The number of urea groups is 2. The van der Waals surface area contributed by atoms with Crippen molar-refractivity contribution in [1.82, 2.24) is 25.3 Å². The van der Waals surface area contributed by atoms with Crippen LogP contribution >= 0.6 is 0 Å². The number of nitrogens with zero attached hydrogens (tertiary/aromatic N) is 3. The molecule has 34 heavy (non-hydrogen) atoms. The van der Waals surface area contributed by atoms with Crippen LogP contribution < -0.4 is 15.4 Å². The van der Waals surface area contributed by atoms with Gasteiger partial charge in [-0.3, -0.25) is 0 Å². The number of hydrogen-bond acceptors (Lipinski definition) is 4. The lowest BCUT2D eigenvalue weighted by atomic mass is 9.71. The van der Waals surface area contributed by atoms with Crippen LogP contribution in [0, 0.1) is 11.2 Å². The van der Waals surface area contributed by atoms with Gasteiger partial charge in [-0.15, -0.1) is 13.2 Å². The molecule has 188 valence electrons. The van der Waals surface area contributed by atoms with Crippen molar-refractivity contribution >= 4 is 12.1 Å². The van der Waals surface area contributed by atoms with Gasteiger partial charge in [-0.05, 0) is 32.4 Å². The van der Waals surface area contributed by atoms with E-state index < -0.39 is 17.9 Å². The molecule has 1 atom stereocenters. The Bertz CT molecular complexity index is 934. The molecule has 4 amide bonds. The summed E-state index contributed by atoms with van der Waals surface area (Å²) in [6.45, 7) is 2.54. The van der Waals surface area contributed by atoms with Crippen molar-refractivity contribution in [3.05, 3.63) is 29.6 Å². The van der Waals surface area contributed by atoms with Crippen LogP contribution in [0.1, 0.15) is 24.8 Å². The summed E-state index contributed by atoms with van der Waals surface area (Å²) in [5.41, 5.74) is -0.0239. The van der Waals surface area contributed by atoms with Crippen LogP contribution in [-0.2, 0) is 6.54 Å². The largest absolute Gasteiger partial charge is 0.573 e. The zero-order valence-corrected chi connectivity index (χ0v) is 19.1. The molecular weight excluding hydrogens is 458 g/mol. The zero-order valence-electron chi connectivity index (χ0n) is 19.1. The molecule has 0 aromatic heterocycles. The fourth-order valence-electron chi connectivity index (χ4n) is 5.29. The fraction of sp³-hybridized carbons (Fsp3) is 0.636. The van der Waals surface area contributed by atoms with E-state index in [1.165, 1.54) is 0 Å². The zero-order chi connectivity index (χ0) is 24.7. The molecule has 0 unspecified atom stereocenters. The predicted molar refractivity (Wildman–Crippen MR) is 115 cm³/mol. The molecule has 3 aliphatic rings. The van der Waals surface area contributed by atoms with Gasteiger partial charge in [-0.2, -0.15) is 0 Å². The molecule has 1 aromatic carbocycles. The van der Waals surface area contributed by atoms with Gasteiger partial charge in [-0.25, -0.2) is 14.0 Å². The second-order valence-corrected chi connectivity index (χ2v) is 9.56. The van der Waals surface area contributed by atoms with Crippen LogP contribution in [0.4, 0.5) is 27.2 Å². The van der Waals surface area contributed by atoms with E-state index in [1.807, 2.05) is 7.05 Å². The maximum atomic E-state index is 14.3. The van der Waals surface area contributed by atoms with E-state index in [4.69, 9.17) is 0 Å². The first-order chi connectivity index (χ1) is 16.0. The van der Waals surface area contributed by atoms with Crippen LogP contribution in [-0.4, -0.2) is 85.5 Å². The number of benzene rings is 1. The molecule has 2 saturated heterocycles. The number of carbonyl (C=O) groups is 2. The quantitative estimate of drug-likeness (QED) is 0.627. The van der Waals surface area contributed by atoms with E-state index in [1.54, 1.807) is 16.8 Å². The second-order valence-electron chi connectivity index (χ2n) is 9.56. The summed E-state index contributed by atoms with van der Waals surface area (Å²) in [5, 5.41) is 5.38. The maximum absolute atomic E-state index is 14.3. The first-order valence-corrected chi connectivity index (χ1v) is 11.2. The number of amides is 4. The number of ether oxygens (including phenoxy) is 1. The third-order valence-electron chi connectivity index (χ3n) is 6.59. The lowest BCUT2D eigenvalue weighted by molar-refractivity contribution is -0.274. The summed E-state index contributed by atoms with van der Waals surface area (Å²) >= 11 is 0. The highest BCUT2D eigenvalue weighted by molar-refractivity contribution is 5.76. The number of nitrogens with one attached hydrogen (secondary N) is 2. The Morgan fingerprint density at radius 2 is 1.91 bits per heavy atom. The number of rotatable bonds is 5. The molecule has 1 spiro atoms. The van der Waals surface area contributed by atoms with Crippen LogP contribution in [0.25, 0.3) is 0 Å². The Kier molecular flexibility index (Phi) is 6.54. The normalized spacial score (nSPS) is 22.2. The summed E-state index contributed by atoms with van der Waals surface area (Å²) in [4.78, 5) is 31.3. The average Bonchev–Trinajstić information content (AvgIpc) is 3.55. The highest BCUT2D eigenvalue weighted by atomic mass is 19.4. The molecule has 4 rings (SSSR count). The minimum atomic E-state index is -4.91. The monoisotopic (exact) mass is 487 g/mol. The summed E-state index contributed by atoms with van der Waals surface area (Å²) < 4.78 is 55.1. The number of halogens is 4. The third kappa shape index (κ3) is 5.48. The maximum Gasteiger partial charge on any atom is 0.573 e. The average molecular weight is 487 g/mol. The smallest absolute Gasteiger partial charge is 0.406 e. The molecule has 8 nitrogen and oxygen atoms in total. The van der Waals surface area contributed by atoms with E-state index >= 15 is 0 Å². The Hall–Kier alpha value is -2.76. The molecule has 12 heteroatoms. The van der Waals surface area contributed by atoms with Crippen LogP contribution in [0.2, 0.25) is 0 Å². The van der Waals surface area contributed by atoms with E-state index in [-0.39, 0.29) is 41.7 Å². The predicted octanol–water partition coefficient (Wildman–Crippen LogP) is 2.74. The summed E-state index contributed by atoms with van der Waals surface area (Å²) in [6, 6.07) is 2.13. The second kappa shape index (κ2) is 9.12. The van der Waals surface area contributed by atoms with Gasteiger partial charge in [0.05, 0.1) is 6.04 Å². The minimum Gasteiger partial charge on any atom is -0.406 e. The molecule has 1 saturated carbocycles. The van der Waals surface area contributed by atoms with Crippen LogP contribution in [0.15, 0.2) is 18.2 Å².